The molecular weight excluding hydrogens is 298 g/mol. The average Bonchev–Trinajstić information content (AvgIpc) is 2.84. The molecule has 5 heteroatoms. The topological polar surface area (TPSA) is 28.3 Å². The van der Waals surface area contributed by atoms with Crippen molar-refractivity contribution in [3.8, 4) is 0 Å². The zero-order valence-electron chi connectivity index (χ0n) is 11.9. The van der Waals surface area contributed by atoms with E-state index >= 15 is 0 Å². The number of aryl methyl sites for hydroxylation is 1. The molecule has 0 unspecified atom stereocenters. The summed E-state index contributed by atoms with van der Waals surface area (Å²) in [5, 5.41) is 5.40. The number of para-hydroxylation sites is 1. The summed E-state index contributed by atoms with van der Waals surface area (Å²) in [6, 6.07) is 18.7. The Morgan fingerprint density at radius 3 is 2.52 bits per heavy atom. The Kier molecular flexibility index (Phi) is 4.22. The quantitative estimate of drug-likeness (QED) is 0.336. The van der Waals surface area contributed by atoms with Crippen LogP contribution < -0.4 is 9.88 Å². The third-order valence-corrected chi connectivity index (χ3v) is 5.23. The molecule has 1 N–H and O–H groups in total. The molecule has 21 heavy (non-hydrogen) atoms. The number of thiazole rings is 1. The van der Waals surface area contributed by atoms with Crippen LogP contribution in [0.4, 0.5) is 5.13 Å². The van der Waals surface area contributed by atoms with Gasteiger partial charge in [0, 0.05) is 11.9 Å². The molecule has 0 atom stereocenters. The lowest BCUT2D eigenvalue weighted by atomic mass is 10.3. The zero-order valence-corrected chi connectivity index (χ0v) is 13.5. The van der Waals surface area contributed by atoms with Gasteiger partial charge >= 0.3 is 5.13 Å². The molecule has 3 nitrogen and oxygen atoms in total. The van der Waals surface area contributed by atoms with Gasteiger partial charge in [0.2, 0.25) is 0 Å². The van der Waals surface area contributed by atoms with E-state index in [1.54, 1.807) is 23.1 Å². The normalized spacial score (nSPS) is 11.8. The summed E-state index contributed by atoms with van der Waals surface area (Å²) in [4.78, 5) is 5.53. The smallest absolute Gasteiger partial charge is 0.245 e. The Balaban J connectivity index is 1.85. The summed E-state index contributed by atoms with van der Waals surface area (Å²) < 4.78 is 3.43. The number of fused-ring (bicyclic) bond motifs is 1. The second-order valence-corrected chi connectivity index (χ2v) is 6.60. The highest BCUT2D eigenvalue weighted by Gasteiger charge is 2.17. The van der Waals surface area contributed by atoms with Crippen molar-refractivity contribution < 1.29 is 4.57 Å². The molecule has 1 heterocycles. The summed E-state index contributed by atoms with van der Waals surface area (Å²) in [7, 11) is 3.88. The summed E-state index contributed by atoms with van der Waals surface area (Å²) in [6.45, 7) is 0. The number of anilines is 1. The molecule has 2 aromatic carbocycles. The predicted octanol–water partition coefficient (Wildman–Crippen LogP) is 3.92. The van der Waals surface area contributed by atoms with Crippen molar-refractivity contribution in [1.82, 2.24) is 0 Å². The van der Waals surface area contributed by atoms with Gasteiger partial charge in [-0.25, -0.2) is 14.9 Å². The second-order valence-electron chi connectivity index (χ2n) is 4.50. The first-order chi connectivity index (χ1) is 10.3. The third-order valence-electron chi connectivity index (χ3n) is 3.11. The van der Waals surface area contributed by atoms with E-state index in [0.717, 1.165) is 10.3 Å². The molecule has 0 fully saturated rings. The van der Waals surface area contributed by atoms with Crippen LogP contribution in [-0.4, -0.2) is 12.2 Å². The van der Waals surface area contributed by atoms with Crippen molar-refractivity contribution in [2.75, 3.05) is 12.4 Å². The lowest BCUT2D eigenvalue weighted by Crippen LogP contribution is -2.31. The Morgan fingerprint density at radius 1 is 1.10 bits per heavy atom. The predicted molar refractivity (Wildman–Crippen MR) is 92.3 cm³/mol. The minimum Gasteiger partial charge on any atom is -0.245 e. The van der Waals surface area contributed by atoms with Crippen LogP contribution >= 0.6 is 23.1 Å². The SMILES string of the molecule is CN=C(Nc1sc2ccccc2[n+]1C)Sc1ccccc1. The molecule has 0 amide bonds. The van der Waals surface area contributed by atoms with Gasteiger partial charge in [0.05, 0.1) is 11.7 Å². The van der Waals surface area contributed by atoms with Crippen LogP contribution in [0.15, 0.2) is 64.5 Å². The molecule has 3 rings (SSSR count). The van der Waals surface area contributed by atoms with Crippen LogP contribution in [0.25, 0.3) is 10.2 Å². The van der Waals surface area contributed by atoms with E-state index in [9.17, 15) is 0 Å². The standard InChI is InChI=1S/C16H15N3S2/c1-17-15(20-12-8-4-3-5-9-12)18-16-19(2)13-10-6-7-11-14(13)21-16/h3-11H,1-2H3/p+1. The fraction of sp³-hybridized carbons (Fsp3) is 0.125. The van der Waals surface area contributed by atoms with E-state index in [0.29, 0.717) is 0 Å². The van der Waals surface area contributed by atoms with Crippen LogP contribution in [0.3, 0.4) is 0 Å². The van der Waals surface area contributed by atoms with E-state index < -0.39 is 0 Å². The van der Waals surface area contributed by atoms with E-state index in [-0.39, 0.29) is 0 Å². The number of rotatable bonds is 2. The Hall–Kier alpha value is -1.85. The Labute approximate surface area is 132 Å². The van der Waals surface area contributed by atoms with Crippen LogP contribution in [0, 0.1) is 0 Å². The first kappa shape index (κ1) is 14.1. The maximum Gasteiger partial charge on any atom is 0.341 e. The molecule has 0 saturated carbocycles. The van der Waals surface area contributed by atoms with Crippen molar-refractivity contribution in [1.29, 1.82) is 0 Å². The van der Waals surface area contributed by atoms with E-state index in [1.807, 2.05) is 25.2 Å². The summed E-state index contributed by atoms with van der Waals surface area (Å²) in [5.74, 6) is 0. The highest BCUT2D eigenvalue weighted by Crippen LogP contribution is 2.26. The molecule has 0 aliphatic carbocycles. The average molecular weight is 314 g/mol. The highest BCUT2D eigenvalue weighted by atomic mass is 32.2. The first-order valence-electron chi connectivity index (χ1n) is 6.62. The van der Waals surface area contributed by atoms with Gasteiger partial charge in [-0.15, -0.1) is 0 Å². The largest absolute Gasteiger partial charge is 0.341 e. The molecule has 0 aliphatic rings. The Bertz CT molecular complexity index is 779. The highest BCUT2D eigenvalue weighted by molar-refractivity contribution is 8.14. The van der Waals surface area contributed by atoms with E-state index in [1.165, 1.54) is 15.1 Å². The molecule has 0 spiro atoms. The lowest BCUT2D eigenvalue weighted by Gasteiger charge is -2.01. The van der Waals surface area contributed by atoms with Crippen LogP contribution in [0.2, 0.25) is 0 Å². The van der Waals surface area contributed by atoms with Gasteiger partial charge in [0.25, 0.3) is 5.17 Å². The number of nitrogens with zero attached hydrogens (tertiary/aromatic N) is 2. The first-order valence-corrected chi connectivity index (χ1v) is 8.25. The van der Waals surface area contributed by atoms with Crippen LogP contribution in [-0.2, 0) is 7.05 Å². The summed E-state index contributed by atoms with van der Waals surface area (Å²) in [5.41, 5.74) is 1.23. The fourth-order valence-electron chi connectivity index (χ4n) is 2.03. The molecule has 106 valence electrons. The number of amidine groups is 1. The van der Waals surface area contributed by atoms with Gasteiger partial charge in [-0.05, 0) is 47.4 Å². The van der Waals surface area contributed by atoms with Gasteiger partial charge in [0.1, 0.15) is 5.52 Å². The number of hydrogen-bond donors (Lipinski definition) is 1. The van der Waals surface area contributed by atoms with Crippen molar-refractivity contribution in [2.45, 2.75) is 4.90 Å². The van der Waals surface area contributed by atoms with Gasteiger partial charge in [-0.3, -0.25) is 0 Å². The van der Waals surface area contributed by atoms with Crippen LogP contribution in [0.5, 0.6) is 0 Å². The minimum atomic E-state index is 0.892. The van der Waals surface area contributed by atoms with Gasteiger partial charge in [-0.2, -0.15) is 0 Å². The number of thioether (sulfide) groups is 1. The second kappa shape index (κ2) is 6.28. The Morgan fingerprint density at radius 2 is 1.81 bits per heavy atom. The monoisotopic (exact) mass is 314 g/mol. The van der Waals surface area contributed by atoms with E-state index in [2.05, 4.69) is 58.3 Å². The maximum atomic E-state index is 4.35. The third kappa shape index (κ3) is 3.09. The van der Waals surface area contributed by atoms with Crippen molar-refractivity contribution in [3.63, 3.8) is 0 Å². The van der Waals surface area contributed by atoms with Gasteiger partial charge in [-0.1, -0.05) is 30.3 Å². The maximum absolute atomic E-state index is 4.35. The fourth-order valence-corrected chi connectivity index (χ4v) is 3.90. The number of aliphatic imine (C=N–C) groups is 1. The van der Waals surface area contributed by atoms with E-state index in [4.69, 9.17) is 0 Å². The molecule has 0 radical (unpaired) electrons. The van der Waals surface area contributed by atoms with Crippen molar-refractivity contribution in [3.05, 3.63) is 54.6 Å². The number of benzene rings is 2. The molecule has 1 aromatic heterocycles. The number of hydrogen-bond acceptors (Lipinski definition) is 3. The lowest BCUT2D eigenvalue weighted by molar-refractivity contribution is -0.626. The van der Waals surface area contributed by atoms with Gasteiger partial charge < -0.3 is 0 Å². The molecule has 0 saturated heterocycles. The number of nitrogens with one attached hydrogen (secondary N) is 1. The van der Waals surface area contributed by atoms with Crippen molar-refractivity contribution >= 4 is 43.6 Å². The summed E-state index contributed by atoms with van der Waals surface area (Å²) >= 11 is 3.37. The minimum absolute atomic E-state index is 0.892. The van der Waals surface area contributed by atoms with Crippen molar-refractivity contribution in [2.24, 2.45) is 12.0 Å². The molecule has 3 aromatic rings. The molecule has 0 aliphatic heterocycles. The molecule has 0 bridgehead atoms. The van der Waals surface area contributed by atoms with Gasteiger partial charge in [0.15, 0.2) is 0 Å². The molecular formula is C16H16N3S2+. The van der Waals surface area contributed by atoms with Crippen LogP contribution in [0.1, 0.15) is 0 Å². The zero-order chi connectivity index (χ0) is 14.7. The summed E-state index contributed by atoms with van der Waals surface area (Å²) in [6.07, 6.45) is 0. The number of aromatic nitrogens is 1.